The van der Waals surface area contributed by atoms with E-state index in [4.69, 9.17) is 27.9 Å². The molecule has 0 amide bonds. The van der Waals surface area contributed by atoms with Gasteiger partial charge in [0.25, 0.3) is 0 Å². The molecule has 0 spiro atoms. The van der Waals surface area contributed by atoms with Crippen molar-refractivity contribution in [3.05, 3.63) is 69.3 Å². The van der Waals surface area contributed by atoms with Crippen LogP contribution < -0.4 is 15.2 Å². The van der Waals surface area contributed by atoms with Gasteiger partial charge < -0.3 is 4.74 Å². The SMILES string of the molecule is COc1cc(Cl)ccc1N1NC2=C(C=NC2)C1(c1ccc(Cl)cc1)S(=O)(=O)N(C)C. The quantitative estimate of drug-likeness (QED) is 0.730. The Labute approximate surface area is 185 Å². The number of hydrazine groups is 1. The van der Waals surface area contributed by atoms with Crippen LogP contribution in [0.15, 0.2) is 58.7 Å². The van der Waals surface area contributed by atoms with Crippen molar-refractivity contribution < 1.29 is 13.2 Å². The van der Waals surface area contributed by atoms with Gasteiger partial charge >= 0.3 is 0 Å². The summed E-state index contributed by atoms with van der Waals surface area (Å²) in [4.78, 5) is 2.69. The number of rotatable bonds is 5. The molecule has 2 aromatic rings. The van der Waals surface area contributed by atoms with Crippen LogP contribution in [0.1, 0.15) is 5.56 Å². The fourth-order valence-electron chi connectivity index (χ4n) is 3.81. The first-order valence-electron chi connectivity index (χ1n) is 9.05. The van der Waals surface area contributed by atoms with Gasteiger partial charge in [0, 0.05) is 47.6 Å². The molecule has 0 aliphatic carbocycles. The van der Waals surface area contributed by atoms with Gasteiger partial charge in [-0.3, -0.25) is 15.4 Å². The molecule has 1 atom stereocenters. The molecule has 1 N–H and O–H groups in total. The predicted octanol–water partition coefficient (Wildman–Crippen LogP) is 3.41. The van der Waals surface area contributed by atoms with E-state index in [9.17, 15) is 8.42 Å². The van der Waals surface area contributed by atoms with Gasteiger partial charge in [0.15, 0.2) is 0 Å². The lowest BCUT2D eigenvalue weighted by molar-refractivity contribution is 0.410. The molecule has 0 radical (unpaired) electrons. The molecule has 1 unspecified atom stereocenters. The molecule has 0 aromatic heterocycles. The van der Waals surface area contributed by atoms with Crippen LogP contribution in [0.3, 0.4) is 0 Å². The summed E-state index contributed by atoms with van der Waals surface area (Å²) in [6.45, 7) is 0.347. The van der Waals surface area contributed by atoms with Crippen LogP contribution in [0, 0.1) is 0 Å². The first kappa shape index (κ1) is 21.0. The van der Waals surface area contributed by atoms with E-state index in [0.29, 0.717) is 44.9 Å². The van der Waals surface area contributed by atoms with Gasteiger partial charge in [0.1, 0.15) is 11.4 Å². The zero-order valence-electron chi connectivity index (χ0n) is 16.6. The lowest BCUT2D eigenvalue weighted by atomic mass is 9.98. The van der Waals surface area contributed by atoms with Gasteiger partial charge in [-0.05, 0) is 24.3 Å². The van der Waals surface area contributed by atoms with Gasteiger partial charge in [0.05, 0.1) is 19.4 Å². The molecule has 0 bridgehead atoms. The largest absolute Gasteiger partial charge is 0.494 e. The Bertz CT molecular complexity index is 1160. The van der Waals surface area contributed by atoms with Crippen molar-refractivity contribution in [2.45, 2.75) is 4.87 Å². The van der Waals surface area contributed by atoms with Crippen molar-refractivity contribution in [1.29, 1.82) is 0 Å². The Morgan fingerprint density at radius 3 is 2.43 bits per heavy atom. The number of ether oxygens (including phenoxy) is 1. The Morgan fingerprint density at radius 1 is 1.13 bits per heavy atom. The Kier molecular flexibility index (Phi) is 5.22. The lowest BCUT2D eigenvalue weighted by Crippen LogP contribution is -2.57. The fourth-order valence-corrected chi connectivity index (χ4v) is 5.89. The third-order valence-corrected chi connectivity index (χ3v) is 8.03. The monoisotopic (exact) mass is 466 g/mol. The molecule has 2 heterocycles. The van der Waals surface area contributed by atoms with E-state index >= 15 is 0 Å². The van der Waals surface area contributed by atoms with Gasteiger partial charge in [0.2, 0.25) is 14.9 Å². The highest BCUT2D eigenvalue weighted by molar-refractivity contribution is 7.90. The van der Waals surface area contributed by atoms with Crippen LogP contribution in [0.25, 0.3) is 0 Å². The zero-order valence-corrected chi connectivity index (χ0v) is 18.9. The van der Waals surface area contributed by atoms with E-state index in [1.807, 2.05) is 0 Å². The van der Waals surface area contributed by atoms with E-state index in [2.05, 4.69) is 10.4 Å². The fraction of sp³-hybridized carbons (Fsp3) is 0.250. The smallest absolute Gasteiger partial charge is 0.248 e. The van der Waals surface area contributed by atoms with Crippen LogP contribution in [-0.2, 0) is 14.9 Å². The van der Waals surface area contributed by atoms with E-state index < -0.39 is 14.9 Å². The molecule has 2 aromatic carbocycles. The summed E-state index contributed by atoms with van der Waals surface area (Å²) >= 11 is 12.3. The van der Waals surface area contributed by atoms with Crippen molar-refractivity contribution in [2.24, 2.45) is 4.99 Å². The molecule has 7 nitrogen and oxygen atoms in total. The highest BCUT2D eigenvalue weighted by Crippen LogP contribution is 2.51. The van der Waals surface area contributed by atoms with Crippen LogP contribution in [-0.4, -0.2) is 46.7 Å². The molecule has 10 heteroatoms. The Balaban J connectivity index is 2.08. The molecule has 4 rings (SSSR count). The second-order valence-electron chi connectivity index (χ2n) is 7.06. The Morgan fingerprint density at radius 2 is 1.80 bits per heavy atom. The summed E-state index contributed by atoms with van der Waals surface area (Å²) in [5, 5.41) is 2.59. The number of halogens is 2. The van der Waals surface area contributed by atoms with Crippen molar-refractivity contribution in [1.82, 2.24) is 9.73 Å². The first-order valence-corrected chi connectivity index (χ1v) is 11.2. The number of sulfonamides is 1. The van der Waals surface area contributed by atoms with E-state index in [-0.39, 0.29) is 0 Å². The summed E-state index contributed by atoms with van der Waals surface area (Å²) < 4.78 is 34.7. The maximum atomic E-state index is 14.0. The molecular formula is C20H20Cl2N4O3S. The zero-order chi connectivity index (χ0) is 21.7. The molecule has 0 fully saturated rings. The number of nitrogens with zero attached hydrogens (tertiary/aromatic N) is 3. The molecule has 2 aliphatic heterocycles. The van der Waals surface area contributed by atoms with Crippen molar-refractivity contribution in [3.63, 3.8) is 0 Å². The van der Waals surface area contributed by atoms with Gasteiger partial charge in [-0.25, -0.2) is 12.7 Å². The molecule has 0 saturated carbocycles. The maximum absolute atomic E-state index is 14.0. The topological polar surface area (TPSA) is 74.2 Å². The highest BCUT2D eigenvalue weighted by Gasteiger charge is 2.60. The summed E-state index contributed by atoms with van der Waals surface area (Å²) in [6, 6.07) is 11.8. The maximum Gasteiger partial charge on any atom is 0.248 e. The third-order valence-electron chi connectivity index (χ3n) is 5.19. The van der Waals surface area contributed by atoms with E-state index in [1.54, 1.807) is 53.7 Å². The number of methoxy groups -OCH3 is 1. The van der Waals surface area contributed by atoms with Gasteiger partial charge in [-0.15, -0.1) is 0 Å². The average molecular weight is 467 g/mol. The average Bonchev–Trinajstić information content (AvgIpc) is 3.29. The second-order valence-corrected chi connectivity index (χ2v) is 10.2. The summed E-state index contributed by atoms with van der Waals surface area (Å²) in [5.41, 5.74) is 5.54. The van der Waals surface area contributed by atoms with Crippen molar-refractivity contribution in [2.75, 3.05) is 32.8 Å². The second kappa shape index (κ2) is 7.46. The minimum Gasteiger partial charge on any atom is -0.494 e. The van der Waals surface area contributed by atoms with Crippen LogP contribution in [0.2, 0.25) is 10.0 Å². The van der Waals surface area contributed by atoms with Crippen LogP contribution in [0.5, 0.6) is 5.75 Å². The summed E-state index contributed by atoms with van der Waals surface area (Å²) in [7, 11) is 0.555. The summed E-state index contributed by atoms with van der Waals surface area (Å²) in [6.07, 6.45) is 1.61. The van der Waals surface area contributed by atoms with Crippen molar-refractivity contribution in [3.8, 4) is 5.75 Å². The van der Waals surface area contributed by atoms with Gasteiger partial charge in [-0.1, -0.05) is 35.3 Å². The number of hydrogen-bond acceptors (Lipinski definition) is 6. The normalized spacial score (nSPS) is 20.7. The van der Waals surface area contributed by atoms with Crippen LogP contribution in [0.4, 0.5) is 5.69 Å². The number of anilines is 1. The van der Waals surface area contributed by atoms with Gasteiger partial charge in [-0.2, -0.15) is 0 Å². The molecular weight excluding hydrogens is 447 g/mol. The minimum atomic E-state index is -3.97. The molecule has 158 valence electrons. The lowest BCUT2D eigenvalue weighted by Gasteiger charge is -2.42. The summed E-state index contributed by atoms with van der Waals surface area (Å²) in [5.74, 6) is 0.431. The minimum absolute atomic E-state index is 0.347. The molecule has 0 saturated heterocycles. The first-order chi connectivity index (χ1) is 14.2. The van der Waals surface area contributed by atoms with E-state index in [0.717, 1.165) is 0 Å². The molecule has 2 aliphatic rings. The standard InChI is InChI=1S/C20H20Cl2N4O3S/c1-25(2)30(27,28)20(13-4-6-14(21)7-5-13)16-11-23-12-17(16)24-26(20)18-9-8-15(22)10-19(18)29-3/h4-11,24H,12H2,1-3H3. The van der Waals surface area contributed by atoms with Crippen LogP contribution >= 0.6 is 23.2 Å². The number of benzene rings is 2. The number of aliphatic imine (C=N–C) groups is 1. The Hall–Kier alpha value is -2.26. The van der Waals surface area contributed by atoms with E-state index in [1.165, 1.54) is 25.5 Å². The highest BCUT2D eigenvalue weighted by atomic mass is 35.5. The number of hydrogen-bond donors (Lipinski definition) is 1. The number of nitrogens with one attached hydrogen (secondary N) is 1. The predicted molar refractivity (Wildman–Crippen MR) is 120 cm³/mol. The van der Waals surface area contributed by atoms with Crippen molar-refractivity contribution >= 4 is 45.1 Å². The third kappa shape index (κ3) is 2.90. The molecule has 30 heavy (non-hydrogen) atoms.